The van der Waals surface area contributed by atoms with Gasteiger partial charge in [0.05, 0.1) is 23.3 Å². The fraction of sp³-hybridized carbons (Fsp3) is 0.385. The third-order valence-electron chi connectivity index (χ3n) is 2.63. The summed E-state index contributed by atoms with van der Waals surface area (Å²) in [5.74, 6) is 1.90. The van der Waals surface area contributed by atoms with Crippen LogP contribution in [0.4, 0.5) is 5.69 Å². The number of fused-ring (bicyclic) bond motifs is 1. The van der Waals surface area contributed by atoms with Crippen molar-refractivity contribution in [1.29, 1.82) is 5.26 Å². The second kappa shape index (κ2) is 6.72. The first-order chi connectivity index (χ1) is 8.83. The van der Waals surface area contributed by atoms with E-state index >= 15 is 0 Å². The minimum atomic E-state index is 0.102. The predicted molar refractivity (Wildman–Crippen MR) is 77.1 cm³/mol. The smallest absolute Gasteiger partial charge is 0.237 e. The molecular weight excluding hydrogens is 264 g/mol. The number of thioether (sulfide) groups is 2. The Bertz CT molecular complexity index is 470. The van der Waals surface area contributed by atoms with Gasteiger partial charge in [0.2, 0.25) is 5.91 Å². The topological polar surface area (TPSA) is 44.1 Å². The molecule has 0 radical (unpaired) electrons. The molecule has 1 aromatic carbocycles. The minimum absolute atomic E-state index is 0.102. The summed E-state index contributed by atoms with van der Waals surface area (Å²) in [6, 6.07) is 10.1. The Morgan fingerprint density at radius 1 is 1.50 bits per heavy atom. The van der Waals surface area contributed by atoms with E-state index in [9.17, 15) is 4.79 Å². The van der Waals surface area contributed by atoms with Crippen molar-refractivity contribution in [2.24, 2.45) is 0 Å². The van der Waals surface area contributed by atoms with Gasteiger partial charge in [-0.05, 0) is 24.3 Å². The predicted octanol–water partition coefficient (Wildman–Crippen LogP) is 2.77. The van der Waals surface area contributed by atoms with E-state index in [1.807, 2.05) is 29.2 Å². The van der Waals surface area contributed by atoms with E-state index in [1.54, 1.807) is 11.8 Å². The first-order valence-electron chi connectivity index (χ1n) is 5.80. The van der Waals surface area contributed by atoms with Gasteiger partial charge in [0, 0.05) is 11.4 Å². The van der Waals surface area contributed by atoms with Gasteiger partial charge < -0.3 is 4.90 Å². The van der Waals surface area contributed by atoms with Crippen LogP contribution in [0.3, 0.4) is 0 Å². The molecule has 2 rings (SSSR count). The highest BCUT2D eigenvalue weighted by molar-refractivity contribution is 8.00. The van der Waals surface area contributed by atoms with Crippen molar-refractivity contribution in [2.75, 3.05) is 28.7 Å². The monoisotopic (exact) mass is 278 g/mol. The number of nitriles is 1. The number of hydrogen-bond acceptors (Lipinski definition) is 4. The Labute approximate surface area is 116 Å². The van der Waals surface area contributed by atoms with Crippen LogP contribution in [-0.4, -0.2) is 29.7 Å². The summed E-state index contributed by atoms with van der Waals surface area (Å²) in [6.07, 6.45) is 1.01. The SMILES string of the molecule is N#CCSCC(=O)N1CCCSc2ccccc21. The second-order valence-electron chi connectivity index (χ2n) is 3.87. The molecule has 0 aliphatic carbocycles. The Balaban J connectivity index is 2.12. The van der Waals surface area contributed by atoms with Crippen LogP contribution in [0.5, 0.6) is 0 Å². The lowest BCUT2D eigenvalue weighted by molar-refractivity contribution is -0.116. The van der Waals surface area contributed by atoms with Crippen molar-refractivity contribution < 1.29 is 4.79 Å². The third-order valence-corrected chi connectivity index (χ3v) is 4.57. The molecule has 0 atom stereocenters. The average Bonchev–Trinajstić information content (AvgIpc) is 2.61. The number of benzene rings is 1. The zero-order chi connectivity index (χ0) is 12.8. The van der Waals surface area contributed by atoms with Crippen molar-refractivity contribution in [3.63, 3.8) is 0 Å². The molecule has 1 aromatic rings. The van der Waals surface area contributed by atoms with E-state index in [0.29, 0.717) is 11.5 Å². The summed E-state index contributed by atoms with van der Waals surface area (Å²) in [5.41, 5.74) is 1.02. The summed E-state index contributed by atoms with van der Waals surface area (Å²) in [7, 11) is 0. The lowest BCUT2D eigenvalue weighted by Gasteiger charge is -2.22. The van der Waals surface area contributed by atoms with Crippen molar-refractivity contribution in [3.05, 3.63) is 24.3 Å². The third kappa shape index (κ3) is 3.21. The van der Waals surface area contributed by atoms with Crippen molar-refractivity contribution in [1.82, 2.24) is 0 Å². The molecule has 0 unspecified atom stereocenters. The number of rotatable bonds is 3. The van der Waals surface area contributed by atoms with E-state index in [0.717, 1.165) is 24.4 Å². The lowest BCUT2D eigenvalue weighted by atomic mass is 10.2. The van der Waals surface area contributed by atoms with Crippen LogP contribution in [-0.2, 0) is 4.79 Å². The largest absolute Gasteiger partial charge is 0.311 e. The molecule has 1 amide bonds. The molecule has 3 nitrogen and oxygen atoms in total. The number of nitrogens with zero attached hydrogens (tertiary/aromatic N) is 2. The summed E-state index contributed by atoms with van der Waals surface area (Å²) in [4.78, 5) is 15.2. The van der Waals surface area contributed by atoms with E-state index in [2.05, 4.69) is 6.07 Å². The van der Waals surface area contributed by atoms with Crippen LogP contribution in [0.15, 0.2) is 29.2 Å². The number of hydrogen-bond donors (Lipinski definition) is 0. The van der Waals surface area contributed by atoms with Crippen LogP contribution in [0.2, 0.25) is 0 Å². The minimum Gasteiger partial charge on any atom is -0.311 e. The molecule has 0 N–H and O–H groups in total. The normalized spacial score (nSPS) is 14.5. The molecule has 18 heavy (non-hydrogen) atoms. The van der Waals surface area contributed by atoms with Crippen molar-refractivity contribution >= 4 is 35.1 Å². The lowest BCUT2D eigenvalue weighted by Crippen LogP contribution is -2.33. The fourth-order valence-electron chi connectivity index (χ4n) is 1.85. The summed E-state index contributed by atoms with van der Waals surface area (Å²) in [5, 5.41) is 8.49. The van der Waals surface area contributed by atoms with Crippen molar-refractivity contribution in [2.45, 2.75) is 11.3 Å². The summed E-state index contributed by atoms with van der Waals surface area (Å²) >= 11 is 3.18. The molecule has 0 bridgehead atoms. The zero-order valence-electron chi connectivity index (χ0n) is 9.96. The van der Waals surface area contributed by atoms with Crippen LogP contribution in [0, 0.1) is 11.3 Å². The highest BCUT2D eigenvalue weighted by Crippen LogP contribution is 2.33. The fourth-order valence-corrected chi connectivity index (χ4v) is 3.37. The number of amides is 1. The number of anilines is 1. The summed E-state index contributed by atoms with van der Waals surface area (Å²) in [6.45, 7) is 0.774. The molecule has 1 aliphatic heterocycles. The zero-order valence-corrected chi connectivity index (χ0v) is 11.6. The van der Waals surface area contributed by atoms with E-state index < -0.39 is 0 Å². The van der Waals surface area contributed by atoms with Crippen LogP contribution < -0.4 is 4.90 Å². The standard InChI is InChI=1S/C13H14N2OS2/c14-6-9-17-10-13(16)15-7-3-8-18-12-5-2-1-4-11(12)15/h1-2,4-5H,3,7-10H2. The van der Waals surface area contributed by atoms with Crippen LogP contribution in [0.25, 0.3) is 0 Å². The van der Waals surface area contributed by atoms with Crippen molar-refractivity contribution in [3.8, 4) is 6.07 Å². The van der Waals surface area contributed by atoms with Crippen LogP contribution in [0.1, 0.15) is 6.42 Å². The first kappa shape index (κ1) is 13.3. The molecule has 1 aliphatic rings. The van der Waals surface area contributed by atoms with Gasteiger partial charge in [0.15, 0.2) is 0 Å². The van der Waals surface area contributed by atoms with Gasteiger partial charge in [-0.2, -0.15) is 5.26 Å². The maximum atomic E-state index is 12.2. The Morgan fingerprint density at radius 3 is 3.17 bits per heavy atom. The highest BCUT2D eigenvalue weighted by atomic mass is 32.2. The molecular formula is C13H14N2OS2. The van der Waals surface area contributed by atoms with Gasteiger partial charge in [-0.15, -0.1) is 23.5 Å². The van der Waals surface area contributed by atoms with Gasteiger partial charge >= 0.3 is 0 Å². The van der Waals surface area contributed by atoms with E-state index in [4.69, 9.17) is 5.26 Å². The molecule has 0 fully saturated rings. The number of carbonyl (C=O) groups excluding carboxylic acids is 1. The van der Waals surface area contributed by atoms with Crippen LogP contribution >= 0.6 is 23.5 Å². The average molecular weight is 278 g/mol. The molecule has 94 valence electrons. The molecule has 0 saturated heterocycles. The molecule has 5 heteroatoms. The number of carbonyl (C=O) groups is 1. The summed E-state index contributed by atoms with van der Waals surface area (Å²) < 4.78 is 0. The molecule has 0 saturated carbocycles. The Hall–Kier alpha value is -1.12. The molecule has 1 heterocycles. The van der Waals surface area contributed by atoms with Gasteiger partial charge in [-0.25, -0.2) is 0 Å². The molecule has 0 spiro atoms. The van der Waals surface area contributed by atoms with Gasteiger partial charge in [-0.1, -0.05) is 12.1 Å². The Morgan fingerprint density at radius 2 is 2.33 bits per heavy atom. The van der Waals surface area contributed by atoms with E-state index in [-0.39, 0.29) is 5.91 Å². The van der Waals surface area contributed by atoms with Gasteiger partial charge in [0.25, 0.3) is 0 Å². The quantitative estimate of drug-likeness (QED) is 0.798. The van der Waals surface area contributed by atoms with E-state index in [1.165, 1.54) is 16.7 Å². The highest BCUT2D eigenvalue weighted by Gasteiger charge is 2.20. The Kier molecular flexibility index (Phi) is 4.97. The number of para-hydroxylation sites is 1. The first-order valence-corrected chi connectivity index (χ1v) is 7.94. The molecule has 0 aromatic heterocycles. The second-order valence-corrected chi connectivity index (χ2v) is 5.99. The van der Waals surface area contributed by atoms with Gasteiger partial charge in [0.1, 0.15) is 0 Å². The maximum absolute atomic E-state index is 12.2. The van der Waals surface area contributed by atoms with Gasteiger partial charge in [-0.3, -0.25) is 4.79 Å². The maximum Gasteiger partial charge on any atom is 0.237 e.